The van der Waals surface area contributed by atoms with Crippen LogP contribution in [0.25, 0.3) is 0 Å². The van der Waals surface area contributed by atoms with E-state index in [0.29, 0.717) is 55.3 Å². The summed E-state index contributed by atoms with van der Waals surface area (Å²) >= 11 is 0. The zero-order valence-electron chi connectivity index (χ0n) is 19.6. The molecular formula is C26H25FN4O5. The van der Waals surface area contributed by atoms with E-state index < -0.39 is 23.7 Å². The van der Waals surface area contributed by atoms with Crippen molar-refractivity contribution in [2.75, 3.05) is 37.7 Å². The summed E-state index contributed by atoms with van der Waals surface area (Å²) < 4.78 is 20.8. The highest BCUT2D eigenvalue weighted by Crippen LogP contribution is 2.34. The van der Waals surface area contributed by atoms with Crippen LogP contribution >= 0.6 is 0 Å². The predicted octanol–water partition coefficient (Wildman–Crippen LogP) is 1.48. The topological polar surface area (TPSA) is 99.3 Å². The SMILES string of the molecule is O=C1CCC(N2Cc3cc(N4CCN(C(=O)c5cccc6c5OCC6)CC4)c(F)cc3C2=O)C(=O)N1. The number of benzene rings is 2. The van der Waals surface area contributed by atoms with Gasteiger partial charge in [0.2, 0.25) is 11.8 Å². The Balaban J connectivity index is 1.16. The highest BCUT2D eigenvalue weighted by atomic mass is 19.1. The number of carbonyl (C=O) groups excluding carboxylic acids is 4. The van der Waals surface area contributed by atoms with Gasteiger partial charge in [0.05, 0.1) is 17.9 Å². The third kappa shape index (κ3) is 3.68. The molecule has 1 unspecified atom stereocenters. The van der Waals surface area contributed by atoms with Crippen molar-refractivity contribution in [3.63, 3.8) is 0 Å². The largest absolute Gasteiger partial charge is 0.492 e. The van der Waals surface area contributed by atoms with Gasteiger partial charge in [-0.1, -0.05) is 12.1 Å². The summed E-state index contributed by atoms with van der Waals surface area (Å²) in [6.07, 6.45) is 1.22. The van der Waals surface area contributed by atoms with Crippen LogP contribution in [0.2, 0.25) is 0 Å². The van der Waals surface area contributed by atoms with Crippen LogP contribution in [0.3, 0.4) is 0 Å². The predicted molar refractivity (Wildman–Crippen MR) is 126 cm³/mol. The number of nitrogens with zero attached hydrogens (tertiary/aromatic N) is 3. The number of ether oxygens (including phenoxy) is 1. The summed E-state index contributed by atoms with van der Waals surface area (Å²) in [5.41, 5.74) is 2.88. The molecule has 2 fully saturated rings. The minimum atomic E-state index is -0.743. The zero-order valence-corrected chi connectivity index (χ0v) is 19.6. The number of hydrogen-bond acceptors (Lipinski definition) is 6. The summed E-state index contributed by atoms with van der Waals surface area (Å²) in [5, 5.41) is 2.27. The number of fused-ring (bicyclic) bond motifs is 2. The molecule has 0 spiro atoms. The van der Waals surface area contributed by atoms with Crippen molar-refractivity contribution in [3.05, 3.63) is 58.4 Å². The number of anilines is 1. The Hall–Kier alpha value is -3.95. The number of para-hydroxylation sites is 1. The minimum absolute atomic E-state index is 0.0895. The molecule has 1 atom stereocenters. The first-order valence-electron chi connectivity index (χ1n) is 12.2. The molecule has 2 saturated heterocycles. The molecule has 0 radical (unpaired) electrons. The molecule has 186 valence electrons. The number of nitrogens with one attached hydrogen (secondary N) is 1. The van der Waals surface area contributed by atoms with Gasteiger partial charge in [0, 0.05) is 51.1 Å². The molecule has 0 aliphatic carbocycles. The fourth-order valence-corrected chi connectivity index (χ4v) is 5.52. The van der Waals surface area contributed by atoms with Gasteiger partial charge in [-0.05, 0) is 35.7 Å². The van der Waals surface area contributed by atoms with Crippen LogP contribution in [-0.4, -0.2) is 72.3 Å². The van der Waals surface area contributed by atoms with Crippen molar-refractivity contribution in [3.8, 4) is 5.75 Å². The molecule has 9 nitrogen and oxygen atoms in total. The molecule has 36 heavy (non-hydrogen) atoms. The fraction of sp³-hybridized carbons (Fsp3) is 0.385. The highest BCUT2D eigenvalue weighted by molar-refractivity contribution is 6.05. The molecule has 2 aromatic carbocycles. The van der Waals surface area contributed by atoms with Gasteiger partial charge >= 0.3 is 0 Å². The molecule has 0 bridgehead atoms. The van der Waals surface area contributed by atoms with E-state index in [1.807, 2.05) is 17.0 Å². The average Bonchev–Trinajstić information content (AvgIpc) is 3.48. The third-order valence-corrected chi connectivity index (χ3v) is 7.44. The van der Waals surface area contributed by atoms with E-state index in [4.69, 9.17) is 4.74 Å². The van der Waals surface area contributed by atoms with Crippen molar-refractivity contribution in [2.45, 2.75) is 31.8 Å². The van der Waals surface area contributed by atoms with Gasteiger partial charge in [0.25, 0.3) is 11.8 Å². The van der Waals surface area contributed by atoms with Gasteiger partial charge in [-0.15, -0.1) is 0 Å². The first-order chi connectivity index (χ1) is 17.4. The van der Waals surface area contributed by atoms with Gasteiger partial charge in [-0.2, -0.15) is 0 Å². The van der Waals surface area contributed by atoms with E-state index in [2.05, 4.69) is 5.32 Å². The lowest BCUT2D eigenvalue weighted by atomic mass is 10.0. The number of piperazine rings is 1. The summed E-state index contributed by atoms with van der Waals surface area (Å²) in [6, 6.07) is 7.79. The summed E-state index contributed by atoms with van der Waals surface area (Å²) in [6.45, 7) is 2.52. The average molecular weight is 493 g/mol. The molecular weight excluding hydrogens is 467 g/mol. The third-order valence-electron chi connectivity index (χ3n) is 7.44. The Morgan fingerprint density at radius 3 is 2.61 bits per heavy atom. The Kier molecular flexibility index (Phi) is 5.39. The van der Waals surface area contributed by atoms with Gasteiger partial charge in [0.1, 0.15) is 17.6 Å². The standard InChI is InChI=1S/C26H25FN4O5/c27-19-13-18-16(14-31(26(18)35)20-4-5-22(32)28-24(20)33)12-21(19)29-7-9-30(10-8-29)25(34)17-3-1-2-15-6-11-36-23(15)17/h1-3,12-13,20H,4-11,14H2,(H,28,32,33). The molecule has 6 rings (SSSR count). The van der Waals surface area contributed by atoms with E-state index in [0.717, 1.165) is 12.0 Å². The molecule has 0 saturated carbocycles. The highest BCUT2D eigenvalue weighted by Gasteiger charge is 2.40. The number of rotatable bonds is 3. The van der Waals surface area contributed by atoms with Crippen LogP contribution in [0.15, 0.2) is 30.3 Å². The Bertz CT molecular complexity index is 1300. The number of hydrogen-bond donors (Lipinski definition) is 1. The molecule has 4 heterocycles. The molecule has 0 aromatic heterocycles. The summed E-state index contributed by atoms with van der Waals surface area (Å²) in [7, 11) is 0. The lowest BCUT2D eigenvalue weighted by Crippen LogP contribution is -2.52. The van der Waals surface area contributed by atoms with Crippen molar-refractivity contribution in [1.82, 2.24) is 15.1 Å². The summed E-state index contributed by atoms with van der Waals surface area (Å²) in [5.74, 6) is -1.19. The Morgan fingerprint density at radius 2 is 1.83 bits per heavy atom. The fourth-order valence-electron chi connectivity index (χ4n) is 5.52. The van der Waals surface area contributed by atoms with Gasteiger partial charge in [-0.25, -0.2) is 4.39 Å². The molecule has 2 aromatic rings. The number of amides is 4. The first-order valence-corrected chi connectivity index (χ1v) is 12.2. The molecule has 4 aliphatic heterocycles. The molecule has 10 heteroatoms. The monoisotopic (exact) mass is 492 g/mol. The molecule has 1 N–H and O–H groups in total. The Morgan fingerprint density at radius 1 is 1.03 bits per heavy atom. The summed E-state index contributed by atoms with van der Waals surface area (Å²) in [4.78, 5) is 54.9. The van der Waals surface area contributed by atoms with Gasteiger partial charge < -0.3 is 19.4 Å². The van der Waals surface area contributed by atoms with Gasteiger partial charge in [0.15, 0.2) is 0 Å². The van der Waals surface area contributed by atoms with Gasteiger partial charge in [-0.3, -0.25) is 24.5 Å². The maximum atomic E-state index is 15.1. The van der Waals surface area contributed by atoms with E-state index in [1.54, 1.807) is 17.0 Å². The van der Waals surface area contributed by atoms with Crippen molar-refractivity contribution >= 4 is 29.3 Å². The van der Waals surface area contributed by atoms with E-state index in [-0.39, 0.29) is 36.8 Å². The number of piperidine rings is 1. The quantitative estimate of drug-likeness (QED) is 0.652. The number of halogens is 1. The maximum Gasteiger partial charge on any atom is 0.257 e. The first kappa shape index (κ1) is 22.5. The normalized spacial score (nSPS) is 21.3. The maximum absolute atomic E-state index is 15.1. The van der Waals surface area contributed by atoms with Crippen LogP contribution in [-0.2, 0) is 22.6 Å². The second-order valence-corrected chi connectivity index (χ2v) is 9.53. The smallest absolute Gasteiger partial charge is 0.257 e. The Labute approximate surface area is 206 Å². The van der Waals surface area contributed by atoms with Crippen molar-refractivity contribution < 1.29 is 28.3 Å². The second-order valence-electron chi connectivity index (χ2n) is 9.53. The van der Waals surface area contributed by atoms with E-state index in [9.17, 15) is 19.2 Å². The lowest BCUT2D eigenvalue weighted by Gasteiger charge is -2.36. The second kappa shape index (κ2) is 8.61. The van der Waals surface area contributed by atoms with Crippen LogP contribution in [0.5, 0.6) is 5.75 Å². The number of imide groups is 1. The van der Waals surface area contributed by atoms with Crippen molar-refractivity contribution in [2.24, 2.45) is 0 Å². The lowest BCUT2D eigenvalue weighted by molar-refractivity contribution is -0.136. The zero-order chi connectivity index (χ0) is 25.0. The van der Waals surface area contributed by atoms with E-state index in [1.165, 1.54) is 11.0 Å². The van der Waals surface area contributed by atoms with Crippen molar-refractivity contribution in [1.29, 1.82) is 0 Å². The van der Waals surface area contributed by atoms with Crippen LogP contribution in [0.4, 0.5) is 10.1 Å². The van der Waals surface area contributed by atoms with Crippen LogP contribution < -0.4 is 15.0 Å². The van der Waals surface area contributed by atoms with E-state index >= 15 is 4.39 Å². The number of carbonyl (C=O) groups is 4. The molecule has 4 aliphatic rings. The minimum Gasteiger partial charge on any atom is -0.492 e. The van der Waals surface area contributed by atoms with Crippen LogP contribution in [0, 0.1) is 5.82 Å². The van der Waals surface area contributed by atoms with Crippen LogP contribution in [0.1, 0.15) is 44.7 Å². The molecule has 4 amide bonds.